The number of carbonyl (C=O) groups is 1. The highest BCUT2D eigenvalue weighted by molar-refractivity contribution is 6.09. The van der Waals surface area contributed by atoms with Crippen LogP contribution in [0.4, 0.5) is 0 Å². The van der Waals surface area contributed by atoms with Crippen LogP contribution in [0.25, 0.3) is 6.08 Å². The van der Waals surface area contributed by atoms with Crippen LogP contribution in [-0.2, 0) is 0 Å². The molecule has 0 radical (unpaired) electrons. The number of furan rings is 1. The fourth-order valence-electron chi connectivity index (χ4n) is 5.19. The van der Waals surface area contributed by atoms with E-state index in [9.17, 15) is 4.79 Å². The molecule has 1 amide bonds. The first-order chi connectivity index (χ1) is 18.1. The van der Waals surface area contributed by atoms with Crippen LogP contribution in [0.15, 0.2) is 69.9 Å². The van der Waals surface area contributed by atoms with Gasteiger partial charge in [0.25, 0.3) is 0 Å². The Bertz CT molecular complexity index is 1340. The van der Waals surface area contributed by atoms with Gasteiger partial charge in [-0.25, -0.2) is 5.01 Å². The zero-order valence-electron chi connectivity index (χ0n) is 21.4. The zero-order chi connectivity index (χ0) is 25.9. The number of hydrogen-bond donors (Lipinski definition) is 0. The molecule has 1 fully saturated rings. The minimum Gasteiger partial charge on any atom is -0.493 e. The molecule has 0 N–H and O–H groups in total. The van der Waals surface area contributed by atoms with E-state index in [1.807, 2.05) is 36.4 Å². The van der Waals surface area contributed by atoms with E-state index in [0.717, 1.165) is 41.7 Å². The van der Waals surface area contributed by atoms with Gasteiger partial charge in [0.1, 0.15) is 0 Å². The summed E-state index contributed by atoms with van der Waals surface area (Å²) >= 11 is 0. The fourth-order valence-corrected chi connectivity index (χ4v) is 5.19. The summed E-state index contributed by atoms with van der Waals surface area (Å²) in [5.41, 5.74) is 3.92. The van der Waals surface area contributed by atoms with E-state index in [2.05, 4.69) is 6.08 Å². The average molecular weight is 503 g/mol. The Labute approximate surface area is 216 Å². The van der Waals surface area contributed by atoms with Crippen LogP contribution < -0.4 is 18.9 Å². The molecule has 8 nitrogen and oxygen atoms in total. The van der Waals surface area contributed by atoms with Crippen molar-refractivity contribution in [1.29, 1.82) is 0 Å². The molecule has 0 spiro atoms. The van der Waals surface area contributed by atoms with Gasteiger partial charge in [0.15, 0.2) is 28.8 Å². The fraction of sp³-hybridized carbons (Fsp3) is 0.310. The number of carbonyl (C=O) groups excluding carboxylic acids is 1. The van der Waals surface area contributed by atoms with Crippen molar-refractivity contribution in [1.82, 2.24) is 5.01 Å². The maximum absolute atomic E-state index is 13.6. The van der Waals surface area contributed by atoms with E-state index in [-0.39, 0.29) is 23.6 Å². The average Bonchev–Trinajstić information content (AvgIpc) is 3.61. The van der Waals surface area contributed by atoms with Crippen LogP contribution >= 0.6 is 0 Å². The number of rotatable bonds is 7. The number of allylic oxidation sites excluding steroid dienone is 1. The van der Waals surface area contributed by atoms with Crippen LogP contribution in [0.1, 0.15) is 47.0 Å². The van der Waals surface area contributed by atoms with Crippen LogP contribution in [0.2, 0.25) is 0 Å². The minimum atomic E-state index is -0.304. The summed E-state index contributed by atoms with van der Waals surface area (Å²) in [6.07, 6.45) is 6.38. The van der Waals surface area contributed by atoms with E-state index in [1.165, 1.54) is 6.26 Å². The van der Waals surface area contributed by atoms with E-state index in [1.54, 1.807) is 45.6 Å². The molecule has 192 valence electrons. The molecule has 0 saturated heterocycles. The Kier molecular flexibility index (Phi) is 6.90. The molecular formula is C29H30N2O6. The second-order valence-corrected chi connectivity index (χ2v) is 8.95. The van der Waals surface area contributed by atoms with Crippen molar-refractivity contribution in [2.45, 2.75) is 25.3 Å². The Hall–Kier alpha value is -4.20. The number of benzene rings is 2. The van der Waals surface area contributed by atoms with Crippen LogP contribution in [0.5, 0.6) is 23.0 Å². The summed E-state index contributed by atoms with van der Waals surface area (Å²) in [4.78, 5) is 13.6. The lowest BCUT2D eigenvalue weighted by Crippen LogP contribution is -2.31. The lowest BCUT2D eigenvalue weighted by Gasteiger charge is -2.29. The number of methoxy groups -OCH3 is 4. The predicted octanol–water partition coefficient (Wildman–Crippen LogP) is 5.75. The first-order valence-corrected chi connectivity index (χ1v) is 12.2. The number of amides is 1. The van der Waals surface area contributed by atoms with Crippen LogP contribution in [0.3, 0.4) is 0 Å². The van der Waals surface area contributed by atoms with Crippen molar-refractivity contribution >= 4 is 17.7 Å². The van der Waals surface area contributed by atoms with Gasteiger partial charge in [0.05, 0.1) is 46.5 Å². The number of ether oxygens (including phenoxy) is 4. The van der Waals surface area contributed by atoms with Gasteiger partial charge in [0, 0.05) is 5.92 Å². The Morgan fingerprint density at radius 3 is 2.32 bits per heavy atom. The monoisotopic (exact) mass is 502 g/mol. The zero-order valence-corrected chi connectivity index (χ0v) is 21.4. The number of hydrazone groups is 1. The normalized spacial score (nSPS) is 19.8. The molecule has 1 aliphatic carbocycles. The number of hydrogen-bond acceptors (Lipinski definition) is 7. The van der Waals surface area contributed by atoms with Crippen molar-refractivity contribution < 1.29 is 28.2 Å². The summed E-state index contributed by atoms with van der Waals surface area (Å²) in [5.74, 6) is 2.57. The molecule has 2 atom stereocenters. The second-order valence-electron chi connectivity index (χ2n) is 8.95. The molecule has 1 saturated carbocycles. The highest BCUT2D eigenvalue weighted by Gasteiger charge is 2.44. The lowest BCUT2D eigenvalue weighted by atomic mass is 9.77. The smallest absolute Gasteiger partial charge is 0.310 e. The molecule has 5 rings (SSSR count). The maximum Gasteiger partial charge on any atom is 0.310 e. The summed E-state index contributed by atoms with van der Waals surface area (Å²) in [6, 6.07) is 14.7. The molecule has 2 aromatic carbocycles. The predicted molar refractivity (Wildman–Crippen MR) is 139 cm³/mol. The van der Waals surface area contributed by atoms with Gasteiger partial charge in [0.2, 0.25) is 0 Å². The van der Waals surface area contributed by atoms with Crippen molar-refractivity contribution in [3.05, 3.63) is 77.3 Å². The van der Waals surface area contributed by atoms with Gasteiger partial charge in [-0.3, -0.25) is 4.79 Å². The van der Waals surface area contributed by atoms with Gasteiger partial charge in [-0.2, -0.15) is 5.10 Å². The highest BCUT2D eigenvalue weighted by atomic mass is 16.5. The Morgan fingerprint density at radius 1 is 0.946 bits per heavy atom. The van der Waals surface area contributed by atoms with Crippen molar-refractivity contribution in [3.63, 3.8) is 0 Å². The van der Waals surface area contributed by atoms with Gasteiger partial charge >= 0.3 is 5.91 Å². The summed E-state index contributed by atoms with van der Waals surface area (Å²) in [7, 11) is 6.45. The standard InChI is InChI=1S/C29H30N2O6/c1-33-22-12-10-18(16-25(22)35-3)15-19-7-5-8-21-27(19)30-31(29(32)24-9-6-14-37-24)28(21)20-11-13-23(34-2)26(17-20)36-4/h6,9-17,21,28H,5,7-8H2,1-4H3/b19-15+/t21-,28-/m1/s1. The molecule has 2 aliphatic rings. The van der Waals surface area contributed by atoms with Gasteiger partial charge in [-0.05, 0) is 78.4 Å². The Morgan fingerprint density at radius 2 is 1.65 bits per heavy atom. The van der Waals surface area contributed by atoms with E-state index >= 15 is 0 Å². The number of fused-ring (bicyclic) bond motifs is 1. The van der Waals surface area contributed by atoms with Gasteiger partial charge < -0.3 is 23.4 Å². The first kappa shape index (κ1) is 24.5. The SMILES string of the molecule is COc1ccc(/C=C2\CCC[C@@H]3C2=NN(C(=O)c2ccco2)[C@@H]3c2ccc(OC)c(OC)c2)cc1OC. The topological polar surface area (TPSA) is 82.7 Å². The molecular weight excluding hydrogens is 472 g/mol. The first-order valence-electron chi connectivity index (χ1n) is 12.2. The molecule has 1 aliphatic heterocycles. The summed E-state index contributed by atoms with van der Waals surface area (Å²) in [6.45, 7) is 0. The molecule has 1 aromatic heterocycles. The highest BCUT2D eigenvalue weighted by Crippen LogP contribution is 2.46. The van der Waals surface area contributed by atoms with Crippen LogP contribution in [-0.4, -0.2) is 45.1 Å². The van der Waals surface area contributed by atoms with E-state index in [4.69, 9.17) is 28.5 Å². The molecule has 0 unspecified atom stereocenters. The molecule has 0 bridgehead atoms. The third-order valence-corrected chi connectivity index (χ3v) is 6.94. The largest absolute Gasteiger partial charge is 0.493 e. The van der Waals surface area contributed by atoms with Gasteiger partial charge in [-0.1, -0.05) is 12.1 Å². The third kappa shape index (κ3) is 4.55. The van der Waals surface area contributed by atoms with Crippen molar-refractivity contribution in [2.75, 3.05) is 28.4 Å². The minimum absolute atomic E-state index is 0.0251. The molecule has 37 heavy (non-hydrogen) atoms. The third-order valence-electron chi connectivity index (χ3n) is 6.94. The molecule has 3 aromatic rings. The van der Waals surface area contributed by atoms with Gasteiger partial charge in [-0.15, -0.1) is 0 Å². The van der Waals surface area contributed by atoms with E-state index in [0.29, 0.717) is 23.0 Å². The summed E-state index contributed by atoms with van der Waals surface area (Å²) < 4.78 is 27.3. The Balaban J connectivity index is 1.57. The second kappa shape index (κ2) is 10.4. The molecule has 8 heteroatoms. The quantitative estimate of drug-likeness (QED) is 0.409. The van der Waals surface area contributed by atoms with Crippen molar-refractivity contribution in [3.8, 4) is 23.0 Å². The van der Waals surface area contributed by atoms with E-state index < -0.39 is 0 Å². The molecule has 2 heterocycles. The number of nitrogens with zero attached hydrogens (tertiary/aromatic N) is 2. The van der Waals surface area contributed by atoms with Crippen LogP contribution in [0, 0.1) is 5.92 Å². The lowest BCUT2D eigenvalue weighted by molar-refractivity contribution is 0.0648. The van der Waals surface area contributed by atoms with Crippen molar-refractivity contribution in [2.24, 2.45) is 11.0 Å². The maximum atomic E-state index is 13.6. The summed E-state index contributed by atoms with van der Waals surface area (Å²) in [5, 5.41) is 6.48.